The molecule has 0 bridgehead atoms. The molecule has 98 valence electrons. The van der Waals surface area contributed by atoms with Gasteiger partial charge < -0.3 is 15.5 Å². The number of anilines is 2. The van der Waals surface area contributed by atoms with Crippen molar-refractivity contribution in [3.05, 3.63) is 21.8 Å². The first-order valence-electron chi connectivity index (χ1n) is 6.12. The van der Waals surface area contributed by atoms with E-state index in [1.807, 2.05) is 35.0 Å². The SMILES string of the molecule is CN(CC(=O)N1CCCC1)c1ccc(I)cc1N. The highest BCUT2D eigenvalue weighted by Gasteiger charge is 2.19. The summed E-state index contributed by atoms with van der Waals surface area (Å²) in [7, 11) is 1.91. The molecule has 0 spiro atoms. The first-order valence-corrected chi connectivity index (χ1v) is 7.20. The molecular weight excluding hydrogens is 341 g/mol. The fraction of sp³-hybridized carbons (Fsp3) is 0.462. The number of likely N-dealkylation sites (tertiary alicyclic amines) is 1. The summed E-state index contributed by atoms with van der Waals surface area (Å²) in [5, 5.41) is 0. The molecule has 0 radical (unpaired) electrons. The second-order valence-corrected chi connectivity index (χ2v) is 5.89. The van der Waals surface area contributed by atoms with E-state index in [0.29, 0.717) is 6.54 Å². The predicted octanol–water partition coefficient (Wildman–Crippen LogP) is 1.93. The monoisotopic (exact) mass is 359 g/mol. The van der Waals surface area contributed by atoms with Gasteiger partial charge >= 0.3 is 0 Å². The van der Waals surface area contributed by atoms with Gasteiger partial charge in [-0.05, 0) is 53.6 Å². The molecule has 5 heteroatoms. The third-order valence-corrected chi connectivity index (χ3v) is 3.90. The van der Waals surface area contributed by atoms with Gasteiger partial charge in [-0.25, -0.2) is 0 Å². The number of hydrogen-bond donors (Lipinski definition) is 1. The van der Waals surface area contributed by atoms with E-state index in [9.17, 15) is 4.79 Å². The van der Waals surface area contributed by atoms with E-state index in [1.54, 1.807) is 0 Å². The molecule has 0 aliphatic carbocycles. The van der Waals surface area contributed by atoms with Gasteiger partial charge in [-0.15, -0.1) is 0 Å². The first kappa shape index (κ1) is 13.5. The Kier molecular flexibility index (Phi) is 4.31. The van der Waals surface area contributed by atoms with Crippen LogP contribution >= 0.6 is 22.6 Å². The molecule has 1 aromatic carbocycles. The van der Waals surface area contributed by atoms with E-state index in [0.717, 1.165) is 40.9 Å². The molecule has 1 heterocycles. The molecule has 2 N–H and O–H groups in total. The quantitative estimate of drug-likeness (QED) is 0.663. The number of rotatable bonds is 3. The molecule has 0 atom stereocenters. The van der Waals surface area contributed by atoms with E-state index in [4.69, 9.17) is 5.73 Å². The fourth-order valence-electron chi connectivity index (χ4n) is 2.23. The highest BCUT2D eigenvalue weighted by atomic mass is 127. The molecule has 0 aromatic heterocycles. The fourth-order valence-corrected chi connectivity index (χ4v) is 2.74. The van der Waals surface area contributed by atoms with Gasteiger partial charge in [0.15, 0.2) is 0 Å². The molecule has 1 fully saturated rings. The minimum Gasteiger partial charge on any atom is -0.397 e. The average Bonchev–Trinajstić information content (AvgIpc) is 2.81. The zero-order valence-electron chi connectivity index (χ0n) is 10.5. The maximum Gasteiger partial charge on any atom is 0.242 e. The van der Waals surface area contributed by atoms with Crippen LogP contribution in [0.25, 0.3) is 0 Å². The molecule has 4 nitrogen and oxygen atoms in total. The van der Waals surface area contributed by atoms with Crippen LogP contribution in [0.3, 0.4) is 0 Å². The summed E-state index contributed by atoms with van der Waals surface area (Å²) >= 11 is 2.23. The number of hydrogen-bond acceptors (Lipinski definition) is 3. The number of nitrogens with two attached hydrogens (primary N) is 1. The van der Waals surface area contributed by atoms with Crippen molar-refractivity contribution in [2.45, 2.75) is 12.8 Å². The number of benzene rings is 1. The van der Waals surface area contributed by atoms with Gasteiger partial charge in [-0.3, -0.25) is 4.79 Å². The smallest absolute Gasteiger partial charge is 0.242 e. The lowest BCUT2D eigenvalue weighted by Gasteiger charge is -2.24. The summed E-state index contributed by atoms with van der Waals surface area (Å²) in [6.07, 6.45) is 2.25. The van der Waals surface area contributed by atoms with Crippen LogP contribution in [0.2, 0.25) is 0 Å². The van der Waals surface area contributed by atoms with Crippen molar-refractivity contribution in [2.75, 3.05) is 37.3 Å². The zero-order valence-corrected chi connectivity index (χ0v) is 12.7. The van der Waals surface area contributed by atoms with Crippen molar-refractivity contribution in [1.29, 1.82) is 0 Å². The van der Waals surface area contributed by atoms with Crippen molar-refractivity contribution in [1.82, 2.24) is 4.90 Å². The normalized spacial score (nSPS) is 14.9. The molecule has 1 saturated heterocycles. The Morgan fingerprint density at radius 3 is 2.72 bits per heavy atom. The number of halogens is 1. The molecule has 0 unspecified atom stereocenters. The highest BCUT2D eigenvalue weighted by Crippen LogP contribution is 2.24. The van der Waals surface area contributed by atoms with E-state index in [2.05, 4.69) is 22.6 Å². The van der Waals surface area contributed by atoms with E-state index in [-0.39, 0.29) is 5.91 Å². The molecular formula is C13H18IN3O. The van der Waals surface area contributed by atoms with E-state index in [1.165, 1.54) is 0 Å². The molecule has 1 aliphatic rings. The van der Waals surface area contributed by atoms with Gasteiger partial charge in [0.05, 0.1) is 17.9 Å². The van der Waals surface area contributed by atoms with Gasteiger partial charge in [0, 0.05) is 23.7 Å². The summed E-state index contributed by atoms with van der Waals surface area (Å²) in [6, 6.07) is 5.89. The van der Waals surface area contributed by atoms with Gasteiger partial charge in [-0.2, -0.15) is 0 Å². The Hall–Kier alpha value is -0.980. The number of amides is 1. The molecule has 2 rings (SSSR count). The van der Waals surface area contributed by atoms with Crippen LogP contribution in [0, 0.1) is 3.57 Å². The van der Waals surface area contributed by atoms with Gasteiger partial charge in [0.25, 0.3) is 0 Å². The summed E-state index contributed by atoms with van der Waals surface area (Å²) < 4.78 is 1.10. The van der Waals surface area contributed by atoms with Crippen LogP contribution in [0.15, 0.2) is 18.2 Å². The second kappa shape index (κ2) is 5.77. The Labute approximate surface area is 121 Å². The first-order chi connectivity index (χ1) is 8.58. The average molecular weight is 359 g/mol. The van der Waals surface area contributed by atoms with Crippen LogP contribution in [-0.4, -0.2) is 37.5 Å². The maximum absolute atomic E-state index is 12.0. The van der Waals surface area contributed by atoms with Crippen LogP contribution < -0.4 is 10.6 Å². The third kappa shape index (κ3) is 3.07. The number of nitrogens with zero attached hydrogens (tertiary/aromatic N) is 2. The Balaban J connectivity index is 2.02. The van der Waals surface area contributed by atoms with Crippen LogP contribution in [0.4, 0.5) is 11.4 Å². The summed E-state index contributed by atoms with van der Waals surface area (Å²) in [5.74, 6) is 0.188. The minimum atomic E-state index is 0.188. The third-order valence-electron chi connectivity index (χ3n) is 3.23. The van der Waals surface area contributed by atoms with E-state index < -0.39 is 0 Å². The molecule has 1 aromatic rings. The van der Waals surface area contributed by atoms with Crippen LogP contribution in [-0.2, 0) is 4.79 Å². The second-order valence-electron chi connectivity index (χ2n) is 4.65. The van der Waals surface area contributed by atoms with Gasteiger partial charge in [0.2, 0.25) is 5.91 Å². The number of likely N-dealkylation sites (N-methyl/N-ethyl adjacent to an activating group) is 1. The van der Waals surface area contributed by atoms with Gasteiger partial charge in [0.1, 0.15) is 0 Å². The number of nitrogen functional groups attached to an aromatic ring is 1. The predicted molar refractivity (Wildman–Crippen MR) is 82.7 cm³/mol. The zero-order chi connectivity index (χ0) is 13.1. The summed E-state index contributed by atoms with van der Waals surface area (Å²) in [4.78, 5) is 15.9. The van der Waals surface area contributed by atoms with Crippen LogP contribution in [0.5, 0.6) is 0 Å². The largest absolute Gasteiger partial charge is 0.397 e. The Morgan fingerprint density at radius 2 is 2.11 bits per heavy atom. The number of carbonyl (C=O) groups is 1. The standard InChI is InChI=1S/C13H18IN3O/c1-16(9-13(18)17-6-2-3-7-17)12-5-4-10(14)8-11(12)15/h4-5,8H,2-3,6-7,9,15H2,1H3. The Bertz CT molecular complexity index is 444. The molecule has 1 amide bonds. The molecule has 1 aliphatic heterocycles. The van der Waals surface area contributed by atoms with Crippen molar-refractivity contribution in [3.63, 3.8) is 0 Å². The van der Waals surface area contributed by atoms with E-state index >= 15 is 0 Å². The van der Waals surface area contributed by atoms with Crippen molar-refractivity contribution < 1.29 is 4.79 Å². The van der Waals surface area contributed by atoms with Crippen molar-refractivity contribution >= 4 is 39.9 Å². The number of carbonyl (C=O) groups excluding carboxylic acids is 1. The van der Waals surface area contributed by atoms with Gasteiger partial charge in [-0.1, -0.05) is 0 Å². The Morgan fingerprint density at radius 1 is 1.44 bits per heavy atom. The highest BCUT2D eigenvalue weighted by molar-refractivity contribution is 14.1. The summed E-state index contributed by atoms with van der Waals surface area (Å²) in [6.45, 7) is 2.19. The molecule has 0 saturated carbocycles. The lowest BCUT2D eigenvalue weighted by molar-refractivity contribution is -0.128. The lowest BCUT2D eigenvalue weighted by Crippen LogP contribution is -2.37. The topological polar surface area (TPSA) is 49.6 Å². The minimum absolute atomic E-state index is 0.188. The van der Waals surface area contributed by atoms with Crippen molar-refractivity contribution in [3.8, 4) is 0 Å². The van der Waals surface area contributed by atoms with Crippen molar-refractivity contribution in [2.24, 2.45) is 0 Å². The lowest BCUT2D eigenvalue weighted by atomic mass is 10.2. The molecule has 18 heavy (non-hydrogen) atoms. The summed E-state index contributed by atoms with van der Waals surface area (Å²) in [5.41, 5.74) is 7.62. The maximum atomic E-state index is 12.0. The van der Waals surface area contributed by atoms with Crippen LogP contribution in [0.1, 0.15) is 12.8 Å².